The number of amides is 1. The number of fused-ring (bicyclic) bond motifs is 1. The summed E-state index contributed by atoms with van der Waals surface area (Å²) in [5.74, 6) is -1.09. The lowest BCUT2D eigenvalue weighted by Crippen LogP contribution is -2.26. The molecule has 0 aliphatic rings. The van der Waals surface area contributed by atoms with Gasteiger partial charge in [0.1, 0.15) is 11.5 Å². The molecule has 1 amide bonds. The Hall–Kier alpha value is -2.40. The molecule has 0 radical (unpaired) electrons. The average Bonchev–Trinajstić information content (AvgIpc) is 2.89. The van der Waals surface area contributed by atoms with Gasteiger partial charge in [0.05, 0.1) is 11.3 Å². The Kier molecular flexibility index (Phi) is 4.06. The van der Waals surface area contributed by atoms with Crippen molar-refractivity contribution in [2.45, 2.75) is 6.42 Å². The first-order valence-corrected chi connectivity index (χ1v) is 7.17. The van der Waals surface area contributed by atoms with Crippen molar-refractivity contribution < 1.29 is 9.18 Å². The summed E-state index contributed by atoms with van der Waals surface area (Å²) < 4.78 is 15.5. The maximum Gasteiger partial charge on any atom is 0.254 e. The maximum absolute atomic E-state index is 13.6. The molecule has 0 saturated carbocycles. The van der Waals surface area contributed by atoms with Crippen LogP contribution in [0, 0.1) is 5.82 Å². The quantitative estimate of drug-likeness (QED) is 0.803. The van der Waals surface area contributed by atoms with Crippen molar-refractivity contribution in [3.05, 3.63) is 70.9 Å². The number of nitrogens with one attached hydrogen (secondary N) is 1. The van der Waals surface area contributed by atoms with E-state index in [1.165, 1.54) is 12.1 Å². The molecule has 0 aliphatic carbocycles. The fraction of sp³-hybridized carbons (Fsp3) is 0.125. The van der Waals surface area contributed by atoms with E-state index in [2.05, 4.69) is 10.3 Å². The summed E-state index contributed by atoms with van der Waals surface area (Å²) in [6.45, 7) is 0.380. The van der Waals surface area contributed by atoms with E-state index in [4.69, 9.17) is 11.6 Å². The van der Waals surface area contributed by atoms with Gasteiger partial charge in [0.15, 0.2) is 0 Å². The van der Waals surface area contributed by atoms with Crippen LogP contribution in [0.3, 0.4) is 0 Å². The fourth-order valence-corrected chi connectivity index (χ4v) is 2.34. The van der Waals surface area contributed by atoms with Gasteiger partial charge in [-0.1, -0.05) is 17.7 Å². The molecule has 0 fully saturated rings. The number of halogens is 2. The van der Waals surface area contributed by atoms with Crippen LogP contribution in [-0.4, -0.2) is 21.8 Å². The highest BCUT2D eigenvalue weighted by molar-refractivity contribution is 6.30. The molecule has 22 heavy (non-hydrogen) atoms. The number of imidazole rings is 1. The third-order valence-corrected chi connectivity index (χ3v) is 3.49. The van der Waals surface area contributed by atoms with Gasteiger partial charge < -0.3 is 9.72 Å². The van der Waals surface area contributed by atoms with Gasteiger partial charge in [0.2, 0.25) is 0 Å². The van der Waals surface area contributed by atoms with Gasteiger partial charge in [-0.3, -0.25) is 4.79 Å². The highest BCUT2D eigenvalue weighted by atomic mass is 35.5. The van der Waals surface area contributed by atoms with Crippen LogP contribution in [0.2, 0.25) is 5.02 Å². The first kappa shape index (κ1) is 14.5. The van der Waals surface area contributed by atoms with Crippen LogP contribution in [0.25, 0.3) is 5.65 Å². The lowest BCUT2D eigenvalue weighted by Gasteiger charge is -2.05. The molecule has 6 heteroatoms. The Morgan fingerprint density at radius 3 is 2.95 bits per heavy atom. The standard InChI is InChI=1S/C16H13ClFN3O/c17-11-4-5-13(14(18)9-11)16(22)19-7-6-12-10-21-8-2-1-3-15(21)20-12/h1-5,8-10H,6-7H2,(H,19,22). The highest BCUT2D eigenvalue weighted by Gasteiger charge is 2.11. The van der Waals surface area contributed by atoms with Gasteiger partial charge in [0.25, 0.3) is 5.91 Å². The summed E-state index contributed by atoms with van der Waals surface area (Å²) in [5.41, 5.74) is 1.70. The maximum atomic E-state index is 13.6. The number of benzene rings is 1. The normalized spacial score (nSPS) is 10.8. The third-order valence-electron chi connectivity index (χ3n) is 3.26. The first-order valence-electron chi connectivity index (χ1n) is 6.79. The van der Waals surface area contributed by atoms with E-state index in [9.17, 15) is 9.18 Å². The molecule has 2 heterocycles. The molecule has 0 bridgehead atoms. The van der Waals surface area contributed by atoms with Gasteiger partial charge in [-0.25, -0.2) is 9.37 Å². The zero-order valence-electron chi connectivity index (χ0n) is 11.6. The Morgan fingerprint density at radius 1 is 1.32 bits per heavy atom. The van der Waals surface area contributed by atoms with Gasteiger partial charge in [-0.15, -0.1) is 0 Å². The minimum Gasteiger partial charge on any atom is -0.352 e. The zero-order valence-corrected chi connectivity index (χ0v) is 12.3. The van der Waals surface area contributed by atoms with E-state index in [0.29, 0.717) is 13.0 Å². The van der Waals surface area contributed by atoms with Gasteiger partial charge in [-0.05, 0) is 30.3 Å². The van der Waals surface area contributed by atoms with Crippen molar-refractivity contribution in [2.75, 3.05) is 6.54 Å². The lowest BCUT2D eigenvalue weighted by molar-refractivity contribution is 0.0950. The third kappa shape index (κ3) is 3.09. The Morgan fingerprint density at radius 2 is 2.18 bits per heavy atom. The number of nitrogens with zero attached hydrogens (tertiary/aromatic N) is 2. The second-order valence-electron chi connectivity index (χ2n) is 4.83. The molecule has 2 aromatic heterocycles. The molecule has 0 aliphatic heterocycles. The van der Waals surface area contributed by atoms with E-state index in [-0.39, 0.29) is 10.6 Å². The number of hydrogen-bond acceptors (Lipinski definition) is 2. The molecule has 3 rings (SSSR count). The Labute approximate surface area is 131 Å². The second-order valence-corrected chi connectivity index (χ2v) is 5.26. The summed E-state index contributed by atoms with van der Waals surface area (Å²) in [5, 5.41) is 2.94. The minimum absolute atomic E-state index is 0.0144. The van der Waals surface area contributed by atoms with Crippen molar-refractivity contribution in [3.8, 4) is 0 Å². The van der Waals surface area contributed by atoms with Crippen LogP contribution in [0.15, 0.2) is 48.8 Å². The van der Waals surface area contributed by atoms with Crippen LogP contribution in [-0.2, 0) is 6.42 Å². The van der Waals surface area contributed by atoms with Crippen molar-refractivity contribution in [1.82, 2.24) is 14.7 Å². The summed E-state index contributed by atoms with van der Waals surface area (Å²) in [7, 11) is 0. The molecule has 0 atom stereocenters. The number of hydrogen-bond donors (Lipinski definition) is 1. The van der Waals surface area contributed by atoms with Gasteiger partial charge >= 0.3 is 0 Å². The topological polar surface area (TPSA) is 46.4 Å². The second kappa shape index (κ2) is 6.15. The average molecular weight is 318 g/mol. The number of pyridine rings is 1. The monoisotopic (exact) mass is 317 g/mol. The van der Waals surface area contributed by atoms with E-state index < -0.39 is 11.7 Å². The van der Waals surface area contributed by atoms with Crippen LogP contribution in [0.5, 0.6) is 0 Å². The van der Waals surface area contributed by atoms with Crippen molar-refractivity contribution in [3.63, 3.8) is 0 Å². The molecule has 112 valence electrons. The van der Waals surface area contributed by atoms with Crippen LogP contribution >= 0.6 is 11.6 Å². The van der Waals surface area contributed by atoms with Crippen LogP contribution in [0.1, 0.15) is 16.1 Å². The Balaban J connectivity index is 1.61. The summed E-state index contributed by atoms with van der Waals surface area (Å²) in [4.78, 5) is 16.4. The molecule has 0 saturated heterocycles. The molecule has 3 aromatic rings. The number of carbonyl (C=O) groups is 1. The van der Waals surface area contributed by atoms with E-state index >= 15 is 0 Å². The van der Waals surface area contributed by atoms with E-state index in [1.807, 2.05) is 35.0 Å². The van der Waals surface area contributed by atoms with Crippen molar-refractivity contribution >= 4 is 23.2 Å². The van der Waals surface area contributed by atoms with Crippen LogP contribution < -0.4 is 5.32 Å². The summed E-state index contributed by atoms with van der Waals surface area (Å²) in [6, 6.07) is 9.73. The smallest absolute Gasteiger partial charge is 0.254 e. The zero-order chi connectivity index (χ0) is 15.5. The summed E-state index contributed by atoms with van der Waals surface area (Å²) in [6.07, 6.45) is 4.39. The molecule has 0 spiro atoms. The lowest BCUT2D eigenvalue weighted by atomic mass is 10.2. The first-order chi connectivity index (χ1) is 10.6. The van der Waals surface area contributed by atoms with E-state index in [0.717, 1.165) is 17.4 Å². The predicted octanol–water partition coefficient (Wildman–Crippen LogP) is 3.10. The molecule has 4 nitrogen and oxygen atoms in total. The van der Waals surface area contributed by atoms with Gasteiger partial charge in [0, 0.05) is 30.4 Å². The summed E-state index contributed by atoms with van der Waals surface area (Å²) >= 11 is 5.66. The highest BCUT2D eigenvalue weighted by Crippen LogP contribution is 2.14. The largest absolute Gasteiger partial charge is 0.352 e. The molecule has 1 N–H and O–H groups in total. The van der Waals surface area contributed by atoms with Crippen molar-refractivity contribution in [1.29, 1.82) is 0 Å². The molecular formula is C16H13ClFN3O. The molecule has 1 aromatic carbocycles. The fourth-order valence-electron chi connectivity index (χ4n) is 2.18. The van der Waals surface area contributed by atoms with Gasteiger partial charge in [-0.2, -0.15) is 0 Å². The Bertz CT molecular complexity index is 798. The molecule has 0 unspecified atom stereocenters. The number of rotatable bonds is 4. The number of aromatic nitrogens is 2. The minimum atomic E-state index is -0.627. The van der Waals surface area contributed by atoms with Crippen LogP contribution in [0.4, 0.5) is 4.39 Å². The van der Waals surface area contributed by atoms with E-state index in [1.54, 1.807) is 0 Å². The number of carbonyl (C=O) groups excluding carboxylic acids is 1. The van der Waals surface area contributed by atoms with Crippen molar-refractivity contribution in [2.24, 2.45) is 0 Å². The SMILES string of the molecule is O=C(NCCc1cn2ccccc2n1)c1ccc(Cl)cc1F. The molecular weight excluding hydrogens is 305 g/mol. The predicted molar refractivity (Wildman–Crippen MR) is 82.6 cm³/mol.